The molecule has 12 heavy (non-hydrogen) atoms. The van der Waals surface area contributed by atoms with Gasteiger partial charge in [-0.1, -0.05) is 6.92 Å². The third-order valence-electron chi connectivity index (χ3n) is 1.59. The summed E-state index contributed by atoms with van der Waals surface area (Å²) in [4.78, 5) is 8.17. The van der Waals surface area contributed by atoms with Crippen molar-refractivity contribution in [3.63, 3.8) is 0 Å². The van der Waals surface area contributed by atoms with Crippen molar-refractivity contribution in [3.8, 4) is 0 Å². The molecule has 66 valence electrons. The molecule has 0 amide bonds. The summed E-state index contributed by atoms with van der Waals surface area (Å²) < 4.78 is 0. The summed E-state index contributed by atoms with van der Waals surface area (Å²) in [5.74, 6) is 0. The number of rotatable bonds is 4. The van der Waals surface area contributed by atoms with Crippen LogP contribution in [0.5, 0.6) is 0 Å². The first-order valence-electron chi connectivity index (χ1n) is 4.31. The Balaban J connectivity index is 2.41. The molecule has 0 saturated heterocycles. The Labute approximate surface area is 73.2 Å². The zero-order valence-corrected chi connectivity index (χ0v) is 7.67. The molecule has 0 aromatic carbocycles. The molecule has 0 spiro atoms. The minimum Gasteiger partial charge on any atom is -0.311 e. The summed E-state index contributed by atoms with van der Waals surface area (Å²) >= 11 is 0. The van der Waals surface area contributed by atoms with E-state index in [-0.39, 0.29) is 0 Å². The van der Waals surface area contributed by atoms with Crippen molar-refractivity contribution >= 4 is 0 Å². The van der Waals surface area contributed by atoms with Gasteiger partial charge >= 0.3 is 0 Å². The van der Waals surface area contributed by atoms with E-state index in [4.69, 9.17) is 0 Å². The van der Waals surface area contributed by atoms with Crippen LogP contribution in [0.25, 0.3) is 0 Å². The first kappa shape index (κ1) is 9.13. The Morgan fingerprint density at radius 2 is 2.25 bits per heavy atom. The van der Waals surface area contributed by atoms with Crippen LogP contribution in [0.1, 0.15) is 24.7 Å². The summed E-state index contributed by atoms with van der Waals surface area (Å²) in [5.41, 5.74) is 2.09. The normalized spacial score (nSPS) is 10.2. The average Bonchev–Trinajstić information content (AvgIpc) is 2.05. The highest BCUT2D eigenvalue weighted by Gasteiger charge is 1.93. The van der Waals surface area contributed by atoms with Gasteiger partial charge in [-0.2, -0.15) is 0 Å². The average molecular weight is 165 g/mol. The fourth-order valence-corrected chi connectivity index (χ4v) is 1.000. The number of nitrogens with zero attached hydrogens (tertiary/aromatic N) is 2. The van der Waals surface area contributed by atoms with E-state index in [2.05, 4.69) is 22.2 Å². The quantitative estimate of drug-likeness (QED) is 0.683. The lowest BCUT2D eigenvalue weighted by Gasteiger charge is -2.01. The minimum absolute atomic E-state index is 0.844. The van der Waals surface area contributed by atoms with Crippen LogP contribution in [0.4, 0.5) is 0 Å². The van der Waals surface area contributed by atoms with Gasteiger partial charge in [-0.3, -0.25) is 0 Å². The zero-order valence-electron chi connectivity index (χ0n) is 7.67. The van der Waals surface area contributed by atoms with E-state index in [0.717, 1.165) is 30.9 Å². The molecular formula is C9H15N3. The van der Waals surface area contributed by atoms with E-state index < -0.39 is 0 Å². The first-order chi connectivity index (χ1) is 5.83. The molecule has 0 atom stereocenters. The van der Waals surface area contributed by atoms with Crippen LogP contribution in [0, 0.1) is 6.92 Å². The van der Waals surface area contributed by atoms with Crippen molar-refractivity contribution in [2.24, 2.45) is 0 Å². The molecule has 1 aromatic heterocycles. The van der Waals surface area contributed by atoms with E-state index in [1.54, 1.807) is 6.33 Å². The number of hydrogen-bond donors (Lipinski definition) is 1. The summed E-state index contributed by atoms with van der Waals surface area (Å²) in [5, 5.41) is 3.29. The highest BCUT2D eigenvalue weighted by Crippen LogP contribution is 1.95. The Bertz CT molecular complexity index is 235. The molecule has 0 aliphatic carbocycles. The lowest BCUT2D eigenvalue weighted by Crippen LogP contribution is -2.14. The van der Waals surface area contributed by atoms with Crippen LogP contribution in [0.3, 0.4) is 0 Å². The van der Waals surface area contributed by atoms with E-state index in [9.17, 15) is 0 Å². The molecule has 0 bridgehead atoms. The van der Waals surface area contributed by atoms with Crippen molar-refractivity contribution in [1.29, 1.82) is 0 Å². The summed E-state index contributed by atoms with van der Waals surface area (Å²) in [6, 6.07) is 2.00. The van der Waals surface area contributed by atoms with Crippen LogP contribution in [-0.4, -0.2) is 16.5 Å². The van der Waals surface area contributed by atoms with Gasteiger partial charge in [0.15, 0.2) is 0 Å². The van der Waals surface area contributed by atoms with Crippen LogP contribution in [0.15, 0.2) is 12.4 Å². The predicted molar refractivity (Wildman–Crippen MR) is 48.8 cm³/mol. The third-order valence-corrected chi connectivity index (χ3v) is 1.59. The molecule has 0 unspecified atom stereocenters. The second-order valence-electron chi connectivity index (χ2n) is 2.83. The summed E-state index contributed by atoms with van der Waals surface area (Å²) in [6.07, 6.45) is 2.77. The monoisotopic (exact) mass is 165 g/mol. The molecule has 0 radical (unpaired) electrons. The van der Waals surface area contributed by atoms with Gasteiger partial charge in [0, 0.05) is 12.2 Å². The molecule has 0 saturated carbocycles. The molecule has 0 aliphatic rings. The number of aromatic nitrogens is 2. The summed E-state index contributed by atoms with van der Waals surface area (Å²) in [7, 11) is 0. The molecule has 0 aliphatic heterocycles. The van der Waals surface area contributed by atoms with Crippen LogP contribution < -0.4 is 5.32 Å². The Kier molecular flexibility index (Phi) is 3.67. The lowest BCUT2D eigenvalue weighted by molar-refractivity contribution is 0.662. The van der Waals surface area contributed by atoms with Gasteiger partial charge in [-0.25, -0.2) is 9.97 Å². The van der Waals surface area contributed by atoms with Crippen molar-refractivity contribution in [1.82, 2.24) is 15.3 Å². The Morgan fingerprint density at radius 1 is 1.42 bits per heavy atom. The van der Waals surface area contributed by atoms with Gasteiger partial charge in [-0.05, 0) is 26.0 Å². The van der Waals surface area contributed by atoms with E-state index in [1.807, 2.05) is 13.0 Å². The Morgan fingerprint density at radius 3 is 2.92 bits per heavy atom. The van der Waals surface area contributed by atoms with E-state index >= 15 is 0 Å². The highest BCUT2D eigenvalue weighted by atomic mass is 14.9. The third kappa shape index (κ3) is 2.96. The van der Waals surface area contributed by atoms with E-state index in [0.29, 0.717) is 0 Å². The van der Waals surface area contributed by atoms with Gasteiger partial charge in [0.05, 0.1) is 5.69 Å². The maximum absolute atomic E-state index is 4.14. The van der Waals surface area contributed by atoms with Gasteiger partial charge < -0.3 is 5.32 Å². The molecule has 3 heteroatoms. The molecule has 0 fully saturated rings. The molecule has 1 N–H and O–H groups in total. The minimum atomic E-state index is 0.844. The molecule has 3 nitrogen and oxygen atoms in total. The molecule has 1 aromatic rings. The topological polar surface area (TPSA) is 37.8 Å². The molecule has 1 heterocycles. The number of aryl methyl sites for hydroxylation is 1. The Hall–Kier alpha value is -0.960. The van der Waals surface area contributed by atoms with Crippen LogP contribution in [0.2, 0.25) is 0 Å². The summed E-state index contributed by atoms with van der Waals surface area (Å²) in [6.45, 7) is 6.02. The maximum atomic E-state index is 4.14. The fraction of sp³-hybridized carbons (Fsp3) is 0.556. The fourth-order valence-electron chi connectivity index (χ4n) is 1.000. The SMILES string of the molecule is CCCNCc1cc(C)ncn1. The van der Waals surface area contributed by atoms with Gasteiger partial charge in [0.1, 0.15) is 6.33 Å². The maximum Gasteiger partial charge on any atom is 0.115 e. The van der Waals surface area contributed by atoms with Crippen molar-refractivity contribution in [3.05, 3.63) is 23.8 Å². The van der Waals surface area contributed by atoms with Crippen molar-refractivity contribution in [2.75, 3.05) is 6.54 Å². The highest BCUT2D eigenvalue weighted by molar-refractivity contribution is 5.05. The molecular weight excluding hydrogens is 150 g/mol. The zero-order chi connectivity index (χ0) is 8.81. The predicted octanol–water partition coefficient (Wildman–Crippen LogP) is 1.28. The second-order valence-corrected chi connectivity index (χ2v) is 2.83. The number of hydrogen-bond acceptors (Lipinski definition) is 3. The standard InChI is InChI=1S/C9H15N3/c1-3-4-10-6-9-5-8(2)11-7-12-9/h5,7,10H,3-4,6H2,1-2H3. The first-order valence-corrected chi connectivity index (χ1v) is 4.31. The van der Waals surface area contributed by atoms with Crippen molar-refractivity contribution < 1.29 is 0 Å². The largest absolute Gasteiger partial charge is 0.311 e. The van der Waals surface area contributed by atoms with Crippen LogP contribution >= 0.6 is 0 Å². The van der Waals surface area contributed by atoms with Gasteiger partial charge in [0.25, 0.3) is 0 Å². The van der Waals surface area contributed by atoms with Crippen LogP contribution in [-0.2, 0) is 6.54 Å². The van der Waals surface area contributed by atoms with Gasteiger partial charge in [-0.15, -0.1) is 0 Å². The number of nitrogens with one attached hydrogen (secondary N) is 1. The van der Waals surface area contributed by atoms with Crippen molar-refractivity contribution in [2.45, 2.75) is 26.8 Å². The second kappa shape index (κ2) is 4.83. The van der Waals surface area contributed by atoms with Gasteiger partial charge in [0.2, 0.25) is 0 Å². The lowest BCUT2D eigenvalue weighted by atomic mass is 10.3. The van der Waals surface area contributed by atoms with E-state index in [1.165, 1.54) is 0 Å². The smallest absolute Gasteiger partial charge is 0.115 e. The molecule has 1 rings (SSSR count).